The highest BCUT2D eigenvalue weighted by Crippen LogP contribution is 2.43. The first-order valence-electron chi connectivity index (χ1n) is 10.8. The van der Waals surface area contributed by atoms with Gasteiger partial charge in [-0.05, 0) is 67.5 Å². The summed E-state index contributed by atoms with van der Waals surface area (Å²) >= 11 is 0. The van der Waals surface area contributed by atoms with Crippen LogP contribution < -0.4 is 0 Å². The lowest BCUT2D eigenvalue weighted by Crippen LogP contribution is -2.03. The number of hydrogen-bond donors (Lipinski definition) is 0. The van der Waals surface area contributed by atoms with Crippen LogP contribution >= 0.6 is 0 Å². The molecule has 1 aliphatic rings. The predicted octanol–water partition coefficient (Wildman–Crippen LogP) is 7.58. The molecule has 2 heteroatoms. The Kier molecular flexibility index (Phi) is 6.61. The van der Waals surface area contributed by atoms with E-state index in [4.69, 9.17) is 0 Å². The summed E-state index contributed by atoms with van der Waals surface area (Å²) in [6.45, 7) is 8.77. The highest BCUT2D eigenvalue weighted by Gasteiger charge is 2.34. The number of nitrogens with zero attached hydrogens (tertiary/aromatic N) is 2. The minimum atomic E-state index is 0.915. The molecule has 2 nitrogen and oxygen atoms in total. The van der Waals surface area contributed by atoms with Gasteiger partial charge >= 0.3 is 0 Å². The summed E-state index contributed by atoms with van der Waals surface area (Å²) in [5, 5.41) is 0. The van der Waals surface area contributed by atoms with Crippen molar-refractivity contribution in [3.05, 3.63) is 87.5 Å². The molecule has 1 heterocycles. The van der Waals surface area contributed by atoms with Crippen molar-refractivity contribution in [2.75, 3.05) is 0 Å². The van der Waals surface area contributed by atoms with Crippen LogP contribution in [0.3, 0.4) is 0 Å². The van der Waals surface area contributed by atoms with Crippen molar-refractivity contribution < 1.29 is 4.70 Å². The highest BCUT2D eigenvalue weighted by atomic mass is 15.2. The lowest BCUT2D eigenvalue weighted by molar-refractivity contribution is -0.345. The fourth-order valence-electron chi connectivity index (χ4n) is 4.13. The summed E-state index contributed by atoms with van der Waals surface area (Å²) in [5.41, 5.74) is 20.7. The second-order valence-corrected chi connectivity index (χ2v) is 7.53. The molecular weight excluding hydrogens is 340 g/mol. The van der Waals surface area contributed by atoms with Crippen molar-refractivity contribution in [1.29, 1.82) is 0 Å². The number of allylic oxidation sites excluding steroid dienone is 2. The van der Waals surface area contributed by atoms with Crippen LogP contribution in [0, 0.1) is 0 Å². The van der Waals surface area contributed by atoms with Gasteiger partial charge in [0.15, 0.2) is 0 Å². The molecule has 0 N–H and O–H groups in total. The smallest absolute Gasteiger partial charge is 0.211 e. The minimum Gasteiger partial charge on any atom is -0.493 e. The molecule has 0 radical (unpaired) electrons. The predicted molar refractivity (Wildman–Crippen MR) is 119 cm³/mol. The summed E-state index contributed by atoms with van der Waals surface area (Å²) in [6, 6.07) is 17.2. The van der Waals surface area contributed by atoms with E-state index in [2.05, 4.69) is 76.2 Å². The number of hydrogen-bond acceptors (Lipinski definition) is 0. The summed E-state index contributed by atoms with van der Waals surface area (Å²) in [4.78, 5) is 0. The van der Waals surface area contributed by atoms with Crippen molar-refractivity contribution in [2.24, 2.45) is 0 Å². The van der Waals surface area contributed by atoms with Crippen molar-refractivity contribution in [3.8, 4) is 0 Å². The van der Waals surface area contributed by atoms with Crippen molar-refractivity contribution in [2.45, 2.75) is 66.2 Å². The zero-order chi connectivity index (χ0) is 20.1. The fraction of sp³-hybridized carbons (Fsp3) is 0.385. The topological polar surface area (TPSA) is 25.3 Å². The van der Waals surface area contributed by atoms with E-state index in [1.807, 2.05) is 0 Å². The van der Waals surface area contributed by atoms with E-state index in [0.29, 0.717) is 0 Å². The van der Waals surface area contributed by atoms with Gasteiger partial charge in [0.1, 0.15) is 0 Å². The van der Waals surface area contributed by atoms with Gasteiger partial charge in [0.05, 0.1) is 0 Å². The van der Waals surface area contributed by atoms with E-state index >= 15 is 0 Å². The van der Waals surface area contributed by atoms with Gasteiger partial charge in [-0.2, -0.15) is 0 Å². The molecule has 0 saturated carbocycles. The van der Waals surface area contributed by atoms with E-state index in [0.717, 1.165) is 61.0 Å². The van der Waals surface area contributed by atoms with Gasteiger partial charge in [0, 0.05) is 22.3 Å². The van der Waals surface area contributed by atoms with E-state index in [1.54, 1.807) is 0 Å². The van der Waals surface area contributed by atoms with Gasteiger partial charge in [-0.25, -0.2) is 4.70 Å². The second kappa shape index (κ2) is 9.14. The third-order valence-electron chi connectivity index (χ3n) is 5.71. The average Bonchev–Trinajstić information content (AvgIpc) is 3.03. The Morgan fingerprint density at radius 3 is 1.71 bits per heavy atom. The summed E-state index contributed by atoms with van der Waals surface area (Å²) in [7, 11) is 0. The summed E-state index contributed by atoms with van der Waals surface area (Å²) in [5.74, 6) is 0. The fourth-order valence-corrected chi connectivity index (χ4v) is 4.13. The molecular formula is C26H32N2. The van der Waals surface area contributed by atoms with Crippen LogP contribution in [-0.2, 0) is 12.8 Å². The molecule has 0 atom stereocenters. The highest BCUT2D eigenvalue weighted by molar-refractivity contribution is 5.82. The third kappa shape index (κ3) is 3.87. The van der Waals surface area contributed by atoms with Crippen LogP contribution in [0.25, 0.3) is 16.9 Å². The quantitative estimate of drug-likeness (QED) is 0.427. The lowest BCUT2D eigenvalue weighted by atomic mass is 9.93. The van der Waals surface area contributed by atoms with E-state index < -0.39 is 0 Å². The monoisotopic (exact) mass is 372 g/mol. The van der Waals surface area contributed by atoms with E-state index in [-0.39, 0.29) is 0 Å². The molecule has 1 aliphatic heterocycles. The van der Waals surface area contributed by atoms with Crippen LogP contribution in [0.2, 0.25) is 0 Å². The SMILES string of the molecule is CCCCC1=C(c2cccc(CC)c2)[N+](=[N-])C(c2cccc(CC)c2)=C1CC. The minimum absolute atomic E-state index is 0.915. The number of unbranched alkanes of at least 4 members (excludes halogenated alkanes) is 1. The van der Waals surface area contributed by atoms with Crippen molar-refractivity contribution >= 4 is 11.4 Å². The zero-order valence-electron chi connectivity index (χ0n) is 17.8. The maximum Gasteiger partial charge on any atom is 0.211 e. The first-order valence-corrected chi connectivity index (χ1v) is 10.8. The number of rotatable bonds is 8. The maximum absolute atomic E-state index is 11.4. The molecule has 3 rings (SSSR count). The molecule has 146 valence electrons. The Hall–Kier alpha value is -2.48. The largest absolute Gasteiger partial charge is 0.493 e. The Balaban J connectivity index is 2.16. The standard InChI is InChI=1S/C26H32N2/c1-5-9-16-24-23(8-4)25(21-14-10-12-19(6-2)17-21)28(27)26(24)22-15-11-13-20(7-3)18-22/h10-15,17-18H,5-9,16H2,1-4H3. The molecule has 0 aromatic heterocycles. The van der Waals surface area contributed by atoms with E-state index in [9.17, 15) is 5.53 Å². The molecule has 0 bridgehead atoms. The van der Waals surface area contributed by atoms with Gasteiger partial charge in [-0.3, -0.25) is 0 Å². The van der Waals surface area contributed by atoms with Gasteiger partial charge in [0.25, 0.3) is 0 Å². The molecule has 0 spiro atoms. The maximum atomic E-state index is 11.4. The molecule has 0 saturated heterocycles. The molecule has 0 unspecified atom stereocenters. The van der Waals surface area contributed by atoms with Crippen molar-refractivity contribution in [3.63, 3.8) is 0 Å². The zero-order valence-corrected chi connectivity index (χ0v) is 17.8. The number of aryl methyl sites for hydroxylation is 2. The molecule has 2 aromatic carbocycles. The Morgan fingerprint density at radius 2 is 1.25 bits per heavy atom. The van der Waals surface area contributed by atoms with Crippen LogP contribution in [-0.4, -0.2) is 4.70 Å². The summed E-state index contributed by atoms with van der Waals surface area (Å²) < 4.78 is 1.47. The second-order valence-electron chi connectivity index (χ2n) is 7.53. The van der Waals surface area contributed by atoms with Gasteiger partial charge in [0.2, 0.25) is 11.4 Å². The Labute approximate surface area is 170 Å². The molecule has 28 heavy (non-hydrogen) atoms. The third-order valence-corrected chi connectivity index (χ3v) is 5.71. The van der Waals surface area contributed by atoms with Crippen molar-refractivity contribution in [1.82, 2.24) is 0 Å². The lowest BCUT2D eigenvalue weighted by Gasteiger charge is -2.11. The molecule has 0 aliphatic carbocycles. The van der Waals surface area contributed by atoms with Crippen LogP contribution in [0.15, 0.2) is 59.7 Å². The van der Waals surface area contributed by atoms with Gasteiger partial charge < -0.3 is 5.53 Å². The first kappa shape index (κ1) is 20.3. The Morgan fingerprint density at radius 1 is 0.714 bits per heavy atom. The Bertz CT molecular complexity index is 931. The molecule has 2 aromatic rings. The first-order chi connectivity index (χ1) is 13.6. The van der Waals surface area contributed by atoms with Crippen LogP contribution in [0.4, 0.5) is 0 Å². The molecule has 0 fully saturated rings. The summed E-state index contributed by atoms with van der Waals surface area (Å²) in [6.07, 6.45) is 6.19. The van der Waals surface area contributed by atoms with E-state index in [1.165, 1.54) is 27.0 Å². The van der Waals surface area contributed by atoms with Gasteiger partial charge in [-0.15, -0.1) is 0 Å². The van der Waals surface area contributed by atoms with Crippen LogP contribution in [0.1, 0.15) is 75.6 Å². The average molecular weight is 373 g/mol. The number of benzene rings is 2. The molecule has 0 amide bonds. The normalized spacial score (nSPS) is 14.4. The van der Waals surface area contributed by atoms with Crippen LogP contribution in [0.5, 0.6) is 0 Å². The van der Waals surface area contributed by atoms with Gasteiger partial charge in [-0.1, -0.05) is 58.4 Å².